The maximum Gasteiger partial charge on any atom is 0.353 e. The number of fused-ring (bicyclic) bond motifs is 1. The number of aromatic amines is 1. The zero-order valence-electron chi connectivity index (χ0n) is 22.3. The molecule has 0 bridgehead atoms. The van der Waals surface area contributed by atoms with Crippen LogP contribution < -0.4 is 5.73 Å². The van der Waals surface area contributed by atoms with Crippen molar-refractivity contribution in [2.24, 2.45) is 29.4 Å². The number of halogens is 2. The van der Waals surface area contributed by atoms with Crippen LogP contribution in [0.2, 0.25) is 5.02 Å². The summed E-state index contributed by atoms with van der Waals surface area (Å²) in [6.07, 6.45) is 9.66. The second kappa shape index (κ2) is 12.0. The first-order valence-electron chi connectivity index (χ1n) is 14.5. The number of aromatic carboxylic acids is 1. The smallest absolute Gasteiger partial charge is 0.353 e. The van der Waals surface area contributed by atoms with Crippen LogP contribution in [0.5, 0.6) is 0 Å². The average molecular weight is 560 g/mol. The number of hydrogen-bond donors (Lipinski definition) is 3. The molecule has 2 aromatic rings. The van der Waals surface area contributed by atoms with Crippen LogP contribution in [0.25, 0.3) is 10.9 Å². The third kappa shape index (κ3) is 5.73. The highest BCUT2D eigenvalue weighted by molar-refractivity contribution is 6.38. The van der Waals surface area contributed by atoms with Gasteiger partial charge in [-0.1, -0.05) is 49.8 Å². The number of nitrogens with two attached hydrogens (primary N) is 1. The summed E-state index contributed by atoms with van der Waals surface area (Å²) in [5.41, 5.74) is 7.23. The van der Waals surface area contributed by atoms with Crippen molar-refractivity contribution in [1.82, 2.24) is 9.88 Å². The Balaban J connectivity index is 1.36. The first-order chi connectivity index (χ1) is 18.8. The van der Waals surface area contributed by atoms with E-state index >= 15 is 0 Å². The van der Waals surface area contributed by atoms with Gasteiger partial charge in [-0.05, 0) is 67.6 Å². The highest BCUT2D eigenvalue weighted by Crippen LogP contribution is 2.41. The summed E-state index contributed by atoms with van der Waals surface area (Å²) in [4.78, 5) is 44.0. The van der Waals surface area contributed by atoms with Crippen LogP contribution in [0.15, 0.2) is 18.2 Å². The fourth-order valence-electron chi connectivity index (χ4n) is 7.46. The summed E-state index contributed by atoms with van der Waals surface area (Å²) < 4.78 is 13.1. The predicted octanol–water partition coefficient (Wildman–Crippen LogP) is 5.53. The van der Waals surface area contributed by atoms with Gasteiger partial charge < -0.3 is 20.7 Å². The van der Waals surface area contributed by atoms with Crippen LogP contribution in [0.1, 0.15) is 80.3 Å². The summed E-state index contributed by atoms with van der Waals surface area (Å²) in [6.45, 7) is 0.0669. The number of ketones is 1. The summed E-state index contributed by atoms with van der Waals surface area (Å²) >= 11 is 6.32. The number of carbonyl (C=O) groups is 3. The Bertz CT molecular complexity index is 1220. The normalized spacial score (nSPS) is 27.1. The van der Waals surface area contributed by atoms with Crippen molar-refractivity contribution >= 4 is 40.2 Å². The van der Waals surface area contributed by atoms with Crippen molar-refractivity contribution in [3.05, 3.63) is 34.5 Å². The zero-order chi connectivity index (χ0) is 27.7. The molecule has 3 aliphatic rings. The fraction of sp³-hybridized carbons (Fsp3) is 0.633. The van der Waals surface area contributed by atoms with E-state index in [-0.39, 0.29) is 46.6 Å². The fourth-order valence-corrected chi connectivity index (χ4v) is 7.74. The summed E-state index contributed by atoms with van der Waals surface area (Å²) in [6, 6.07) is 4.45. The first-order valence-corrected chi connectivity index (χ1v) is 14.8. The molecule has 1 aliphatic heterocycles. The lowest BCUT2D eigenvalue weighted by atomic mass is 9.75. The number of benzene rings is 1. The predicted molar refractivity (Wildman–Crippen MR) is 149 cm³/mol. The molecule has 212 valence electrons. The van der Waals surface area contributed by atoms with Crippen LogP contribution in [0.4, 0.5) is 4.39 Å². The Morgan fingerprint density at radius 2 is 1.79 bits per heavy atom. The Labute approximate surface area is 233 Å². The molecule has 2 saturated carbocycles. The van der Waals surface area contributed by atoms with Crippen molar-refractivity contribution in [3.63, 3.8) is 0 Å². The van der Waals surface area contributed by atoms with E-state index < -0.39 is 24.7 Å². The van der Waals surface area contributed by atoms with Crippen LogP contribution in [-0.4, -0.2) is 58.0 Å². The van der Waals surface area contributed by atoms with Gasteiger partial charge >= 0.3 is 5.97 Å². The molecule has 1 aromatic heterocycles. The van der Waals surface area contributed by atoms with Gasteiger partial charge in [-0.3, -0.25) is 9.59 Å². The number of nitrogens with one attached hydrogen (secondary N) is 1. The first kappa shape index (κ1) is 28.1. The van der Waals surface area contributed by atoms with Gasteiger partial charge in [0.15, 0.2) is 5.78 Å². The Hall–Kier alpha value is -2.45. The van der Waals surface area contributed by atoms with E-state index in [9.17, 15) is 23.9 Å². The molecule has 2 heterocycles. The number of hydrogen-bond acceptors (Lipinski definition) is 4. The van der Waals surface area contributed by atoms with Gasteiger partial charge in [0.2, 0.25) is 5.91 Å². The minimum atomic E-state index is -1.13. The van der Waals surface area contributed by atoms with Crippen LogP contribution in [0.3, 0.4) is 0 Å². The Morgan fingerprint density at radius 1 is 1.08 bits per heavy atom. The largest absolute Gasteiger partial charge is 0.477 e. The van der Waals surface area contributed by atoms with E-state index in [2.05, 4.69) is 4.98 Å². The molecule has 2 aliphatic carbocycles. The molecule has 5 rings (SSSR count). The molecule has 0 radical (unpaired) electrons. The molecule has 7 nitrogen and oxygen atoms in total. The molecule has 1 aromatic carbocycles. The maximum atomic E-state index is 14.0. The van der Waals surface area contributed by atoms with Crippen molar-refractivity contribution in [3.8, 4) is 0 Å². The lowest BCUT2D eigenvalue weighted by Gasteiger charge is -2.37. The molecule has 0 spiro atoms. The summed E-state index contributed by atoms with van der Waals surface area (Å²) in [5, 5.41) is 10.1. The summed E-state index contributed by atoms with van der Waals surface area (Å²) in [5.74, 6) is -0.451. The van der Waals surface area contributed by atoms with Gasteiger partial charge in [0.05, 0.1) is 11.1 Å². The van der Waals surface area contributed by atoms with Gasteiger partial charge in [-0.2, -0.15) is 0 Å². The molecular formula is C30H39ClFN3O4. The second-order valence-corrected chi connectivity index (χ2v) is 12.3. The minimum absolute atomic E-state index is 0.0361. The SMILES string of the molecule is N[C@H](CF)C1CCC(C(=O)N2CC[C@@H](C3CCCCC3)[C@H]2C(=O)Cc2ccc3[nH]c(C(=O)O)c(Cl)c3c2)CC1. The number of aromatic nitrogens is 1. The lowest BCUT2D eigenvalue weighted by Crippen LogP contribution is -2.48. The van der Waals surface area contributed by atoms with Gasteiger partial charge in [-0.15, -0.1) is 0 Å². The molecular weight excluding hydrogens is 521 g/mol. The lowest BCUT2D eigenvalue weighted by molar-refractivity contribution is -0.143. The highest BCUT2D eigenvalue weighted by atomic mass is 35.5. The number of carboxylic acids is 1. The second-order valence-electron chi connectivity index (χ2n) is 11.9. The van der Waals surface area contributed by atoms with E-state index in [0.717, 1.165) is 37.7 Å². The standard InChI is InChI=1S/C30H39ClFN3O4/c31-26-22-14-17(6-11-24(22)34-27(26)30(38)39)15-25(36)28-21(18-4-2-1-3-5-18)12-13-35(28)29(37)20-9-7-19(8-10-20)23(33)16-32/h6,11,14,18-21,23,28,34H,1-5,7-10,12-13,15-16,33H2,(H,38,39)/t19?,20?,21-,23+,28-/m0/s1. The van der Waals surface area contributed by atoms with Gasteiger partial charge in [0.25, 0.3) is 0 Å². The van der Waals surface area contributed by atoms with Crippen LogP contribution in [-0.2, 0) is 16.0 Å². The van der Waals surface area contributed by atoms with E-state index in [4.69, 9.17) is 17.3 Å². The van der Waals surface area contributed by atoms with Gasteiger partial charge in [0.1, 0.15) is 12.4 Å². The molecule has 3 atom stereocenters. The molecule has 0 unspecified atom stereocenters. The maximum absolute atomic E-state index is 14.0. The van der Waals surface area contributed by atoms with E-state index in [1.807, 2.05) is 11.0 Å². The van der Waals surface area contributed by atoms with Crippen molar-refractivity contribution < 1.29 is 23.9 Å². The van der Waals surface area contributed by atoms with Gasteiger partial charge in [0, 0.05) is 35.8 Å². The van der Waals surface area contributed by atoms with Crippen LogP contribution >= 0.6 is 11.6 Å². The zero-order valence-corrected chi connectivity index (χ0v) is 23.1. The average Bonchev–Trinajstić information content (AvgIpc) is 3.54. The van der Waals surface area contributed by atoms with E-state index in [1.54, 1.807) is 12.1 Å². The molecule has 39 heavy (non-hydrogen) atoms. The quantitative estimate of drug-likeness (QED) is 0.393. The molecule has 9 heteroatoms. The van der Waals surface area contributed by atoms with Gasteiger partial charge in [-0.25, -0.2) is 9.18 Å². The van der Waals surface area contributed by atoms with Crippen molar-refractivity contribution in [2.45, 2.75) is 82.7 Å². The number of amides is 1. The minimum Gasteiger partial charge on any atom is -0.477 e. The number of H-pyrrole nitrogens is 1. The molecule has 1 amide bonds. The topological polar surface area (TPSA) is 116 Å². The van der Waals surface area contributed by atoms with Crippen molar-refractivity contribution in [1.29, 1.82) is 0 Å². The molecule has 1 saturated heterocycles. The van der Waals surface area contributed by atoms with E-state index in [0.29, 0.717) is 36.2 Å². The number of carboxylic acid groups (broad SMARTS) is 1. The number of rotatable bonds is 8. The number of nitrogens with zero attached hydrogens (tertiary/aromatic N) is 1. The number of alkyl halides is 1. The summed E-state index contributed by atoms with van der Waals surface area (Å²) in [7, 11) is 0. The Morgan fingerprint density at radius 3 is 2.46 bits per heavy atom. The Kier molecular flexibility index (Phi) is 8.62. The van der Waals surface area contributed by atoms with Crippen LogP contribution in [0, 0.1) is 23.7 Å². The molecule has 3 fully saturated rings. The highest BCUT2D eigenvalue weighted by Gasteiger charge is 2.46. The number of Topliss-reactive ketones (excluding diaryl/α,β-unsaturated/α-hetero) is 1. The third-order valence-electron chi connectivity index (χ3n) is 9.61. The monoisotopic (exact) mass is 559 g/mol. The van der Waals surface area contributed by atoms with E-state index in [1.165, 1.54) is 19.3 Å². The number of likely N-dealkylation sites (tertiary alicyclic amines) is 1. The third-order valence-corrected chi connectivity index (χ3v) is 10.0. The molecule has 4 N–H and O–H groups in total. The van der Waals surface area contributed by atoms with Crippen molar-refractivity contribution in [2.75, 3.05) is 13.2 Å². The number of carbonyl (C=O) groups excluding carboxylic acids is 2.